The molecule has 11 nitrogen and oxygen atoms in total. The highest BCUT2D eigenvalue weighted by Gasteiger charge is 2.30. The Kier molecular flexibility index (Phi) is 8.78. The number of hydrogen-bond donors (Lipinski definition) is 7. The molecule has 7 N–H and O–H groups in total. The first-order valence-electron chi connectivity index (χ1n) is 7.38. The number of ether oxygens (including phenoxy) is 1. The number of carboxylic acids is 1. The first-order valence-corrected chi connectivity index (χ1v) is 7.38. The lowest BCUT2D eigenvalue weighted by atomic mass is 10.1. The number of rotatable bonds is 11. The lowest BCUT2D eigenvalue weighted by Gasteiger charge is -2.25. The Hall–Kier alpha value is -1.73. The Morgan fingerprint density at radius 1 is 1.00 bits per heavy atom. The highest BCUT2D eigenvalue weighted by atomic mass is 16.5. The van der Waals surface area contributed by atoms with Crippen LogP contribution in [0.4, 0.5) is 0 Å². The largest absolute Gasteiger partial charge is 0.480 e. The fourth-order valence-electron chi connectivity index (χ4n) is 1.95. The molecule has 0 aromatic carbocycles. The summed E-state index contributed by atoms with van der Waals surface area (Å²) < 4.78 is 4.89. The maximum atomic E-state index is 10.6. The minimum atomic E-state index is -1.56. The molecule has 1 aromatic rings. The summed E-state index contributed by atoms with van der Waals surface area (Å²) in [6.45, 7) is -2.18. The minimum absolute atomic E-state index is 0.0520. The van der Waals surface area contributed by atoms with Crippen LogP contribution in [0.5, 0.6) is 0 Å². The van der Waals surface area contributed by atoms with Gasteiger partial charge in [0.2, 0.25) is 0 Å². The minimum Gasteiger partial charge on any atom is -0.480 e. The van der Waals surface area contributed by atoms with E-state index in [2.05, 4.69) is 9.97 Å². The van der Waals surface area contributed by atoms with Crippen LogP contribution in [-0.2, 0) is 16.0 Å². The summed E-state index contributed by atoms with van der Waals surface area (Å²) in [5, 5.41) is 65.1. The predicted octanol–water partition coefficient (Wildman–Crippen LogP) is -3.41. The highest BCUT2D eigenvalue weighted by Crippen LogP contribution is 2.20. The van der Waals surface area contributed by atoms with E-state index in [1.54, 1.807) is 0 Å². The highest BCUT2D eigenvalue weighted by molar-refractivity contribution is 5.68. The van der Waals surface area contributed by atoms with Gasteiger partial charge in [-0.15, -0.1) is 0 Å². The van der Waals surface area contributed by atoms with Gasteiger partial charge >= 0.3 is 5.97 Å². The zero-order valence-corrected chi connectivity index (χ0v) is 13.2. The number of aliphatic hydroxyl groups excluding tert-OH is 6. The Morgan fingerprint density at radius 3 is 2.12 bits per heavy atom. The van der Waals surface area contributed by atoms with Crippen LogP contribution in [0.25, 0.3) is 0 Å². The lowest BCUT2D eigenvalue weighted by molar-refractivity contribution is -0.156. The summed E-state index contributed by atoms with van der Waals surface area (Å²) >= 11 is 0. The van der Waals surface area contributed by atoms with Crippen molar-refractivity contribution in [1.82, 2.24) is 9.97 Å². The van der Waals surface area contributed by atoms with E-state index < -0.39 is 56.3 Å². The van der Waals surface area contributed by atoms with Crippen molar-refractivity contribution >= 4 is 5.97 Å². The molecule has 0 fully saturated rings. The maximum absolute atomic E-state index is 10.6. The molecule has 1 rings (SSSR count). The number of nitrogens with zero attached hydrogens (tertiary/aromatic N) is 2. The second-order valence-electron chi connectivity index (χ2n) is 5.32. The van der Waals surface area contributed by atoms with Gasteiger partial charge in [0.15, 0.2) is 0 Å². The van der Waals surface area contributed by atoms with Crippen LogP contribution in [0.1, 0.15) is 17.5 Å². The van der Waals surface area contributed by atoms with Crippen LogP contribution in [0.2, 0.25) is 0 Å². The van der Waals surface area contributed by atoms with Gasteiger partial charge in [0, 0.05) is 12.6 Å². The molecule has 0 saturated carbocycles. The summed E-state index contributed by atoms with van der Waals surface area (Å²) in [7, 11) is 0. The van der Waals surface area contributed by atoms with Gasteiger partial charge in [0.1, 0.15) is 31.0 Å². The van der Waals surface area contributed by atoms with Crippen LogP contribution < -0.4 is 0 Å². The van der Waals surface area contributed by atoms with Gasteiger partial charge in [-0.2, -0.15) is 0 Å². The molecule has 1 aromatic heterocycles. The summed E-state index contributed by atoms with van der Waals surface area (Å²) in [6, 6.07) is 0. The third-order valence-corrected chi connectivity index (χ3v) is 3.35. The number of hydrogen-bond acceptors (Lipinski definition) is 10. The summed E-state index contributed by atoms with van der Waals surface area (Å²) in [6.07, 6.45) is -4.90. The van der Waals surface area contributed by atoms with E-state index in [1.807, 2.05) is 0 Å². The van der Waals surface area contributed by atoms with Gasteiger partial charge in [-0.25, -0.2) is 4.79 Å². The van der Waals surface area contributed by atoms with Gasteiger partial charge in [0.05, 0.1) is 36.9 Å². The van der Waals surface area contributed by atoms with E-state index in [-0.39, 0.29) is 17.8 Å². The molecule has 0 spiro atoms. The van der Waals surface area contributed by atoms with Crippen molar-refractivity contribution in [3.8, 4) is 0 Å². The molecule has 5 atom stereocenters. The number of carboxylic acid groups (broad SMARTS) is 1. The fraction of sp³-hybridized carbons (Fsp3) is 0.643. The van der Waals surface area contributed by atoms with E-state index in [0.717, 1.165) is 6.20 Å². The van der Waals surface area contributed by atoms with Gasteiger partial charge in [0.25, 0.3) is 0 Å². The van der Waals surface area contributed by atoms with Crippen molar-refractivity contribution in [1.29, 1.82) is 0 Å². The van der Waals surface area contributed by atoms with Crippen molar-refractivity contribution in [3.05, 3.63) is 23.8 Å². The molecule has 1 heterocycles. The second-order valence-corrected chi connectivity index (χ2v) is 5.32. The first-order chi connectivity index (χ1) is 11.8. The third-order valence-electron chi connectivity index (χ3n) is 3.35. The second kappa shape index (κ2) is 10.3. The third kappa shape index (κ3) is 6.59. The van der Waals surface area contributed by atoms with Gasteiger partial charge in [-0.1, -0.05) is 0 Å². The monoisotopic (exact) mass is 362 g/mol. The van der Waals surface area contributed by atoms with Crippen molar-refractivity contribution < 1.29 is 45.3 Å². The molecule has 0 saturated heterocycles. The standard InChI is InChI=1S/C14H22N2O9/c17-4-10(20)9(19)1-7-2-16-8(3-15-7)13(24)14(11(21)5-18)25-6-12(22)23/h2-3,9-11,13-14,17-21,24H,1,4-6H2,(H,22,23)/t9-,10+,11+,13+,14-/m0/s1. The van der Waals surface area contributed by atoms with E-state index in [9.17, 15) is 25.2 Å². The average molecular weight is 362 g/mol. The molecule has 0 radical (unpaired) electrons. The Morgan fingerprint density at radius 2 is 1.64 bits per heavy atom. The molecular formula is C14H22N2O9. The maximum Gasteiger partial charge on any atom is 0.329 e. The summed E-state index contributed by atoms with van der Waals surface area (Å²) in [4.78, 5) is 18.4. The zero-order chi connectivity index (χ0) is 19.0. The fourth-order valence-corrected chi connectivity index (χ4v) is 1.95. The van der Waals surface area contributed by atoms with Crippen molar-refractivity contribution in [2.24, 2.45) is 0 Å². The Labute approximate surface area is 142 Å². The lowest BCUT2D eigenvalue weighted by Crippen LogP contribution is -2.39. The molecule has 0 aliphatic rings. The predicted molar refractivity (Wildman–Crippen MR) is 80.3 cm³/mol. The zero-order valence-electron chi connectivity index (χ0n) is 13.2. The summed E-state index contributed by atoms with van der Waals surface area (Å²) in [5.74, 6) is -1.32. The molecular weight excluding hydrogens is 340 g/mol. The average Bonchev–Trinajstić information content (AvgIpc) is 2.60. The van der Waals surface area contributed by atoms with E-state index >= 15 is 0 Å². The Bertz CT molecular complexity index is 528. The molecule has 0 amide bonds. The number of aliphatic carboxylic acids is 1. The van der Waals surface area contributed by atoms with Crippen molar-refractivity contribution in [3.63, 3.8) is 0 Å². The van der Waals surface area contributed by atoms with Crippen LogP contribution >= 0.6 is 0 Å². The molecule has 142 valence electrons. The topological polar surface area (TPSA) is 194 Å². The van der Waals surface area contributed by atoms with Crippen LogP contribution in [0.3, 0.4) is 0 Å². The van der Waals surface area contributed by atoms with Crippen LogP contribution in [0, 0.1) is 0 Å². The van der Waals surface area contributed by atoms with Crippen molar-refractivity contribution in [2.75, 3.05) is 19.8 Å². The van der Waals surface area contributed by atoms with Gasteiger partial charge in [-0.05, 0) is 0 Å². The quantitative estimate of drug-likeness (QED) is 0.207. The molecule has 0 bridgehead atoms. The van der Waals surface area contributed by atoms with E-state index in [1.165, 1.54) is 6.20 Å². The number of carbonyl (C=O) groups is 1. The molecule has 0 aliphatic carbocycles. The molecule has 0 unspecified atom stereocenters. The van der Waals surface area contributed by atoms with E-state index in [0.29, 0.717) is 0 Å². The number of aromatic nitrogens is 2. The van der Waals surface area contributed by atoms with Crippen LogP contribution in [-0.4, -0.2) is 95.9 Å². The van der Waals surface area contributed by atoms with Gasteiger partial charge in [-0.3, -0.25) is 9.97 Å². The molecule has 11 heteroatoms. The normalized spacial score (nSPS) is 17.5. The smallest absolute Gasteiger partial charge is 0.329 e. The SMILES string of the molecule is O=C(O)CO[C@@H]([C@H](O)CO)[C@H](O)c1cnc(C[C@H](O)[C@H](O)CO)cn1. The molecule has 0 aliphatic heterocycles. The number of aliphatic hydroxyl groups is 6. The summed E-state index contributed by atoms with van der Waals surface area (Å²) in [5.41, 5.74) is 0.213. The van der Waals surface area contributed by atoms with Gasteiger partial charge < -0.3 is 40.5 Å². The Balaban J connectivity index is 2.81. The van der Waals surface area contributed by atoms with Crippen molar-refractivity contribution in [2.45, 2.75) is 36.9 Å². The molecule has 25 heavy (non-hydrogen) atoms. The first kappa shape index (κ1) is 21.3. The van der Waals surface area contributed by atoms with E-state index in [4.69, 9.17) is 20.1 Å². The van der Waals surface area contributed by atoms with Crippen LogP contribution in [0.15, 0.2) is 12.4 Å².